The summed E-state index contributed by atoms with van der Waals surface area (Å²) in [6.07, 6.45) is 12.0. The number of amides is 1. The molecule has 0 aromatic carbocycles. The van der Waals surface area contributed by atoms with E-state index in [-0.39, 0.29) is 16.9 Å². The average molecular weight is 356 g/mol. The standard InChI is InChI=1S/C20H28N4O2/c25-18-17(22-23-19(26)20(10-11-20)14-8-9-14)21-15-4-2-1-3-5-16(15)24(18)12-13-6-7-13/h13-14H,1-12H2,(H,21,22)(H,23,26). The van der Waals surface area contributed by atoms with Crippen LogP contribution in [0.1, 0.15) is 69.2 Å². The molecule has 1 amide bonds. The van der Waals surface area contributed by atoms with Crippen LogP contribution < -0.4 is 16.4 Å². The van der Waals surface area contributed by atoms with E-state index in [4.69, 9.17) is 0 Å². The number of aryl methyl sites for hydroxylation is 1. The fourth-order valence-electron chi connectivity index (χ4n) is 4.56. The Labute approximate surface area is 153 Å². The van der Waals surface area contributed by atoms with E-state index in [0.717, 1.165) is 56.5 Å². The Bertz CT molecular complexity index is 788. The number of anilines is 1. The van der Waals surface area contributed by atoms with Gasteiger partial charge in [-0.05, 0) is 76.0 Å². The minimum absolute atomic E-state index is 0.0462. The van der Waals surface area contributed by atoms with Crippen molar-refractivity contribution in [2.45, 2.75) is 77.2 Å². The zero-order valence-corrected chi connectivity index (χ0v) is 15.4. The normalized spacial score (nSPS) is 23.7. The quantitative estimate of drug-likeness (QED) is 0.607. The smallest absolute Gasteiger partial charge is 0.295 e. The fraction of sp³-hybridized carbons (Fsp3) is 0.750. The molecule has 5 rings (SSSR count). The van der Waals surface area contributed by atoms with E-state index < -0.39 is 0 Å². The Morgan fingerprint density at radius 2 is 1.88 bits per heavy atom. The van der Waals surface area contributed by atoms with Crippen LogP contribution in [0.25, 0.3) is 0 Å². The number of hydrogen-bond acceptors (Lipinski definition) is 4. The summed E-state index contributed by atoms with van der Waals surface area (Å²) in [5.74, 6) is 1.53. The van der Waals surface area contributed by atoms with E-state index in [2.05, 4.69) is 15.8 Å². The Morgan fingerprint density at radius 1 is 1.12 bits per heavy atom. The Morgan fingerprint density at radius 3 is 2.58 bits per heavy atom. The third-order valence-corrected chi connectivity index (χ3v) is 6.71. The number of nitrogens with zero attached hydrogens (tertiary/aromatic N) is 2. The molecule has 1 aromatic rings. The Balaban J connectivity index is 1.39. The highest BCUT2D eigenvalue weighted by Gasteiger charge is 2.59. The molecule has 6 heteroatoms. The molecule has 2 N–H and O–H groups in total. The van der Waals surface area contributed by atoms with Crippen molar-refractivity contribution in [1.29, 1.82) is 0 Å². The molecule has 0 saturated heterocycles. The maximum atomic E-state index is 13.0. The zero-order valence-electron chi connectivity index (χ0n) is 15.4. The lowest BCUT2D eigenvalue weighted by Crippen LogP contribution is -2.40. The molecule has 0 aliphatic heterocycles. The second-order valence-corrected chi connectivity index (χ2v) is 8.78. The van der Waals surface area contributed by atoms with Crippen LogP contribution in [0.5, 0.6) is 0 Å². The molecule has 1 aromatic heterocycles. The summed E-state index contributed by atoms with van der Waals surface area (Å²) >= 11 is 0. The number of rotatable bonds is 6. The largest absolute Gasteiger partial charge is 0.307 e. The first-order valence-electron chi connectivity index (χ1n) is 10.4. The fourth-order valence-corrected chi connectivity index (χ4v) is 4.56. The Hall–Kier alpha value is -1.85. The van der Waals surface area contributed by atoms with Crippen LogP contribution >= 0.6 is 0 Å². The van der Waals surface area contributed by atoms with Crippen molar-refractivity contribution in [2.24, 2.45) is 17.3 Å². The third kappa shape index (κ3) is 2.93. The third-order valence-electron chi connectivity index (χ3n) is 6.71. The summed E-state index contributed by atoms with van der Waals surface area (Å²) in [7, 11) is 0. The first kappa shape index (κ1) is 16.3. The minimum atomic E-state index is -0.161. The van der Waals surface area contributed by atoms with Crippen molar-refractivity contribution in [3.8, 4) is 0 Å². The molecule has 0 unspecified atom stereocenters. The Kier molecular flexibility index (Phi) is 3.83. The van der Waals surface area contributed by atoms with Crippen molar-refractivity contribution in [2.75, 3.05) is 5.43 Å². The SMILES string of the molecule is O=C(NNc1nc2c(n(CC3CC3)c1=O)CCCCC2)C1(C2CC2)CC1. The number of carbonyl (C=O) groups is 1. The van der Waals surface area contributed by atoms with E-state index in [1.165, 1.54) is 32.1 Å². The molecule has 6 nitrogen and oxygen atoms in total. The van der Waals surface area contributed by atoms with Crippen LogP contribution in [0.3, 0.4) is 0 Å². The van der Waals surface area contributed by atoms with Crippen molar-refractivity contribution in [3.05, 3.63) is 21.7 Å². The summed E-state index contributed by atoms with van der Waals surface area (Å²) in [5.41, 5.74) is 7.66. The van der Waals surface area contributed by atoms with Gasteiger partial charge in [-0.2, -0.15) is 0 Å². The van der Waals surface area contributed by atoms with Crippen molar-refractivity contribution >= 4 is 11.7 Å². The van der Waals surface area contributed by atoms with E-state index in [0.29, 0.717) is 17.7 Å². The van der Waals surface area contributed by atoms with Gasteiger partial charge in [0.15, 0.2) is 0 Å². The highest BCUT2D eigenvalue weighted by Crippen LogP contribution is 2.61. The molecule has 1 heterocycles. The van der Waals surface area contributed by atoms with E-state index in [1.807, 2.05) is 4.57 Å². The van der Waals surface area contributed by atoms with Gasteiger partial charge in [-0.25, -0.2) is 4.98 Å². The van der Waals surface area contributed by atoms with Crippen LogP contribution in [-0.2, 0) is 24.2 Å². The number of hydrazine groups is 1. The first-order valence-corrected chi connectivity index (χ1v) is 10.4. The lowest BCUT2D eigenvalue weighted by Gasteiger charge is -2.19. The lowest BCUT2D eigenvalue weighted by molar-refractivity contribution is -0.126. The van der Waals surface area contributed by atoms with Crippen molar-refractivity contribution in [1.82, 2.24) is 15.0 Å². The molecule has 0 radical (unpaired) electrons. The number of fused-ring (bicyclic) bond motifs is 1. The van der Waals surface area contributed by atoms with Crippen LogP contribution in [-0.4, -0.2) is 15.5 Å². The number of hydrogen-bond donors (Lipinski definition) is 2. The lowest BCUT2D eigenvalue weighted by atomic mass is 10.0. The van der Waals surface area contributed by atoms with Gasteiger partial charge in [0.05, 0.1) is 11.1 Å². The number of aromatic nitrogens is 2. The molecule has 3 fully saturated rings. The topological polar surface area (TPSA) is 76.0 Å². The predicted octanol–water partition coefficient (Wildman–Crippen LogP) is 2.56. The van der Waals surface area contributed by atoms with Gasteiger partial charge in [0.1, 0.15) is 0 Å². The van der Waals surface area contributed by atoms with Gasteiger partial charge in [-0.15, -0.1) is 0 Å². The zero-order chi connectivity index (χ0) is 17.7. The van der Waals surface area contributed by atoms with Crippen LogP contribution in [0, 0.1) is 17.3 Å². The molecule has 0 bridgehead atoms. The molecule has 3 saturated carbocycles. The average Bonchev–Trinajstić information content (AvgIpc) is 3.50. The second-order valence-electron chi connectivity index (χ2n) is 8.78. The maximum Gasteiger partial charge on any atom is 0.295 e. The monoisotopic (exact) mass is 356 g/mol. The van der Waals surface area contributed by atoms with Gasteiger partial charge >= 0.3 is 0 Å². The van der Waals surface area contributed by atoms with Gasteiger partial charge in [-0.1, -0.05) is 6.42 Å². The van der Waals surface area contributed by atoms with Crippen molar-refractivity contribution < 1.29 is 4.79 Å². The molecule has 0 atom stereocenters. The molecule has 4 aliphatic carbocycles. The highest BCUT2D eigenvalue weighted by atomic mass is 16.2. The van der Waals surface area contributed by atoms with E-state index >= 15 is 0 Å². The van der Waals surface area contributed by atoms with Gasteiger partial charge < -0.3 is 4.57 Å². The van der Waals surface area contributed by atoms with Gasteiger partial charge in [0, 0.05) is 12.2 Å². The predicted molar refractivity (Wildman–Crippen MR) is 98.6 cm³/mol. The summed E-state index contributed by atoms with van der Waals surface area (Å²) in [4.78, 5) is 30.3. The second kappa shape index (κ2) is 6.10. The highest BCUT2D eigenvalue weighted by molar-refractivity contribution is 5.86. The van der Waals surface area contributed by atoms with Crippen molar-refractivity contribution in [3.63, 3.8) is 0 Å². The molecule has 26 heavy (non-hydrogen) atoms. The molecular formula is C20H28N4O2. The summed E-state index contributed by atoms with van der Waals surface area (Å²) < 4.78 is 1.95. The van der Waals surface area contributed by atoms with Crippen LogP contribution in [0.4, 0.5) is 5.82 Å². The van der Waals surface area contributed by atoms with Gasteiger partial charge in [0.25, 0.3) is 5.56 Å². The van der Waals surface area contributed by atoms with Crippen LogP contribution in [0.2, 0.25) is 0 Å². The minimum Gasteiger partial charge on any atom is -0.307 e. The van der Waals surface area contributed by atoms with Gasteiger partial charge in [0.2, 0.25) is 11.7 Å². The summed E-state index contributed by atoms with van der Waals surface area (Å²) in [6, 6.07) is 0. The summed E-state index contributed by atoms with van der Waals surface area (Å²) in [6.45, 7) is 0.804. The molecule has 4 aliphatic rings. The first-order chi connectivity index (χ1) is 12.7. The van der Waals surface area contributed by atoms with Crippen LogP contribution in [0.15, 0.2) is 4.79 Å². The van der Waals surface area contributed by atoms with E-state index in [9.17, 15) is 9.59 Å². The maximum absolute atomic E-state index is 13.0. The van der Waals surface area contributed by atoms with E-state index in [1.54, 1.807) is 0 Å². The molecular weight excluding hydrogens is 328 g/mol. The van der Waals surface area contributed by atoms with Gasteiger partial charge in [-0.3, -0.25) is 20.4 Å². The number of nitrogens with one attached hydrogen (secondary N) is 2. The molecule has 0 spiro atoms. The molecule has 140 valence electrons. The summed E-state index contributed by atoms with van der Waals surface area (Å²) in [5, 5.41) is 0. The number of carbonyl (C=O) groups excluding carboxylic acids is 1.